The Labute approximate surface area is 86.8 Å². The van der Waals surface area contributed by atoms with Gasteiger partial charge in [-0.1, -0.05) is 20.8 Å². The molecule has 0 aliphatic heterocycles. The normalized spacial score (nSPS) is 14.2. The average molecular weight is 202 g/mol. The molecule has 0 bridgehead atoms. The first kappa shape index (κ1) is 13.4. The maximum atomic E-state index is 11.7. The summed E-state index contributed by atoms with van der Waals surface area (Å²) in [6, 6.07) is 0. The van der Waals surface area contributed by atoms with Gasteiger partial charge in [-0.05, 0) is 20.3 Å². The predicted molar refractivity (Wildman–Crippen MR) is 55.8 cm³/mol. The number of carbonyl (C=O) groups excluding carboxylic acids is 1. The minimum Gasteiger partial charge on any atom is -0.435 e. The summed E-state index contributed by atoms with van der Waals surface area (Å²) in [6.45, 7) is 9.64. The minimum absolute atomic E-state index is 0.177. The third kappa shape index (κ3) is 3.66. The molecule has 0 rings (SSSR count). The fourth-order valence-electron chi connectivity index (χ4n) is 0.866. The van der Waals surface area contributed by atoms with Gasteiger partial charge >= 0.3 is 5.97 Å². The third-order valence-electron chi connectivity index (χ3n) is 2.44. The quantitative estimate of drug-likeness (QED) is 0.508. The van der Waals surface area contributed by atoms with Crippen LogP contribution in [0.25, 0.3) is 0 Å². The molecule has 0 aromatic heterocycles. The van der Waals surface area contributed by atoms with E-state index in [1.54, 1.807) is 7.11 Å². The summed E-state index contributed by atoms with van der Waals surface area (Å²) >= 11 is 0. The van der Waals surface area contributed by atoms with Crippen molar-refractivity contribution in [2.45, 2.75) is 47.3 Å². The summed E-state index contributed by atoms with van der Waals surface area (Å²) in [5.74, 6) is -0.0165. The van der Waals surface area contributed by atoms with Crippen molar-refractivity contribution >= 4 is 5.97 Å². The molecular weight excluding hydrogens is 180 g/mol. The monoisotopic (exact) mass is 202 g/mol. The van der Waals surface area contributed by atoms with Crippen LogP contribution in [0.4, 0.5) is 0 Å². The lowest BCUT2D eigenvalue weighted by Crippen LogP contribution is -2.33. The lowest BCUT2D eigenvalue weighted by atomic mass is 9.90. The third-order valence-corrected chi connectivity index (χ3v) is 2.44. The van der Waals surface area contributed by atoms with E-state index in [1.807, 2.05) is 34.6 Å². The molecule has 0 aliphatic carbocycles. The van der Waals surface area contributed by atoms with Crippen molar-refractivity contribution in [2.24, 2.45) is 11.3 Å². The second-order valence-corrected chi connectivity index (χ2v) is 4.49. The predicted octanol–water partition coefficient (Wildman–Crippen LogP) is 2.59. The molecule has 1 atom stereocenters. The van der Waals surface area contributed by atoms with Crippen LogP contribution in [0.1, 0.15) is 41.0 Å². The van der Waals surface area contributed by atoms with Crippen LogP contribution in [0, 0.1) is 11.3 Å². The van der Waals surface area contributed by atoms with E-state index in [0.29, 0.717) is 0 Å². The molecule has 1 unspecified atom stereocenters. The number of carbonyl (C=O) groups is 1. The first-order valence-electron chi connectivity index (χ1n) is 5.09. The van der Waals surface area contributed by atoms with Gasteiger partial charge in [-0.15, -0.1) is 0 Å². The second-order valence-electron chi connectivity index (χ2n) is 4.49. The SMILES string of the molecule is CCC(C)(C)C(=O)OC(OC)C(C)C. The van der Waals surface area contributed by atoms with Gasteiger partial charge in [0.2, 0.25) is 6.29 Å². The fourth-order valence-corrected chi connectivity index (χ4v) is 0.866. The lowest BCUT2D eigenvalue weighted by Gasteiger charge is -2.26. The molecule has 84 valence electrons. The molecule has 0 N–H and O–H groups in total. The molecule has 0 amide bonds. The summed E-state index contributed by atoms with van der Waals surface area (Å²) < 4.78 is 10.3. The van der Waals surface area contributed by atoms with Crippen molar-refractivity contribution in [2.75, 3.05) is 7.11 Å². The summed E-state index contributed by atoms with van der Waals surface area (Å²) in [7, 11) is 1.55. The van der Waals surface area contributed by atoms with E-state index in [1.165, 1.54) is 0 Å². The van der Waals surface area contributed by atoms with Crippen molar-refractivity contribution in [1.29, 1.82) is 0 Å². The van der Waals surface area contributed by atoms with Gasteiger partial charge in [-0.25, -0.2) is 0 Å². The fraction of sp³-hybridized carbons (Fsp3) is 0.909. The van der Waals surface area contributed by atoms with Crippen LogP contribution in [0.5, 0.6) is 0 Å². The average Bonchev–Trinajstić information content (AvgIpc) is 2.12. The van der Waals surface area contributed by atoms with Crippen molar-refractivity contribution in [3.63, 3.8) is 0 Å². The molecule has 0 spiro atoms. The number of rotatable bonds is 5. The Morgan fingerprint density at radius 1 is 1.36 bits per heavy atom. The summed E-state index contributed by atoms with van der Waals surface area (Å²) in [4.78, 5) is 11.7. The van der Waals surface area contributed by atoms with Crippen LogP contribution < -0.4 is 0 Å². The maximum absolute atomic E-state index is 11.7. The molecule has 0 aliphatic rings. The van der Waals surface area contributed by atoms with Gasteiger partial charge in [-0.2, -0.15) is 0 Å². The largest absolute Gasteiger partial charge is 0.435 e. The zero-order valence-corrected chi connectivity index (χ0v) is 10.1. The molecule has 0 fully saturated rings. The van der Waals surface area contributed by atoms with Gasteiger partial charge in [0.1, 0.15) is 0 Å². The van der Waals surface area contributed by atoms with Gasteiger partial charge in [-0.3, -0.25) is 4.79 Å². The Kier molecular flexibility index (Phi) is 5.13. The minimum atomic E-state index is -0.437. The highest BCUT2D eigenvalue weighted by atomic mass is 16.7. The topological polar surface area (TPSA) is 35.5 Å². The Bertz CT molecular complexity index is 185. The van der Waals surface area contributed by atoms with Gasteiger partial charge in [0.15, 0.2) is 0 Å². The highest BCUT2D eigenvalue weighted by Crippen LogP contribution is 2.23. The molecular formula is C11H22O3. The number of ether oxygens (including phenoxy) is 2. The highest BCUT2D eigenvalue weighted by Gasteiger charge is 2.30. The molecule has 3 heteroatoms. The smallest absolute Gasteiger partial charge is 0.313 e. The molecule has 0 saturated heterocycles. The number of methoxy groups -OCH3 is 1. The zero-order chi connectivity index (χ0) is 11.4. The number of esters is 1. The van der Waals surface area contributed by atoms with E-state index in [9.17, 15) is 4.79 Å². The van der Waals surface area contributed by atoms with Crippen molar-refractivity contribution in [1.82, 2.24) is 0 Å². The zero-order valence-electron chi connectivity index (χ0n) is 10.1. The van der Waals surface area contributed by atoms with Crippen LogP contribution in [-0.4, -0.2) is 19.4 Å². The van der Waals surface area contributed by atoms with Crippen molar-refractivity contribution in [3.8, 4) is 0 Å². The van der Waals surface area contributed by atoms with Gasteiger partial charge in [0, 0.05) is 13.0 Å². The molecule has 0 aromatic rings. The molecule has 0 aromatic carbocycles. The van der Waals surface area contributed by atoms with E-state index in [0.717, 1.165) is 6.42 Å². The van der Waals surface area contributed by atoms with E-state index in [2.05, 4.69) is 0 Å². The Balaban J connectivity index is 4.30. The molecule has 0 heterocycles. The second kappa shape index (κ2) is 5.35. The number of hydrogen-bond donors (Lipinski definition) is 0. The van der Waals surface area contributed by atoms with E-state index in [4.69, 9.17) is 9.47 Å². The van der Waals surface area contributed by atoms with Crippen LogP contribution in [0.3, 0.4) is 0 Å². The molecule has 0 radical (unpaired) electrons. The standard InChI is InChI=1S/C11H22O3/c1-7-11(4,5)10(12)14-9(13-6)8(2)3/h8-9H,7H2,1-6H3. The van der Waals surface area contributed by atoms with Crippen molar-refractivity contribution < 1.29 is 14.3 Å². The summed E-state index contributed by atoms with van der Waals surface area (Å²) in [5.41, 5.74) is -0.425. The summed E-state index contributed by atoms with van der Waals surface area (Å²) in [6.07, 6.45) is 0.328. The molecule has 3 nitrogen and oxygen atoms in total. The number of hydrogen-bond acceptors (Lipinski definition) is 3. The first-order valence-corrected chi connectivity index (χ1v) is 5.09. The lowest BCUT2D eigenvalue weighted by molar-refractivity contribution is -0.191. The van der Waals surface area contributed by atoms with Gasteiger partial charge < -0.3 is 9.47 Å². The maximum Gasteiger partial charge on any atom is 0.313 e. The van der Waals surface area contributed by atoms with Gasteiger partial charge in [0.25, 0.3) is 0 Å². The highest BCUT2D eigenvalue weighted by molar-refractivity contribution is 5.75. The van der Waals surface area contributed by atoms with Gasteiger partial charge in [0.05, 0.1) is 5.41 Å². The first-order chi connectivity index (χ1) is 6.35. The van der Waals surface area contributed by atoms with E-state index < -0.39 is 11.7 Å². The Morgan fingerprint density at radius 2 is 1.86 bits per heavy atom. The Hall–Kier alpha value is -0.570. The molecule has 0 saturated carbocycles. The van der Waals surface area contributed by atoms with Crippen LogP contribution >= 0.6 is 0 Å². The van der Waals surface area contributed by atoms with E-state index in [-0.39, 0.29) is 11.9 Å². The van der Waals surface area contributed by atoms with Crippen LogP contribution in [0.15, 0.2) is 0 Å². The van der Waals surface area contributed by atoms with Crippen LogP contribution in [0.2, 0.25) is 0 Å². The van der Waals surface area contributed by atoms with E-state index >= 15 is 0 Å². The molecule has 14 heavy (non-hydrogen) atoms. The Morgan fingerprint density at radius 3 is 2.14 bits per heavy atom. The van der Waals surface area contributed by atoms with Crippen molar-refractivity contribution in [3.05, 3.63) is 0 Å². The van der Waals surface area contributed by atoms with Crippen LogP contribution in [-0.2, 0) is 14.3 Å². The summed E-state index contributed by atoms with van der Waals surface area (Å²) in [5, 5.41) is 0.